The highest BCUT2D eigenvalue weighted by Gasteiger charge is 2.52. The van der Waals surface area contributed by atoms with Gasteiger partial charge in [0, 0.05) is 5.69 Å². The van der Waals surface area contributed by atoms with Crippen LogP contribution in [0.25, 0.3) is 0 Å². The molecular weight excluding hydrogens is 282 g/mol. The Morgan fingerprint density at radius 3 is 2.07 bits per heavy atom. The standard InChI is InChI=1S/C8H6BrClF3N/c9-7(10,11)8(12,13)14-6-4-2-1-3-5-6/h1-5,14H. The molecule has 0 radical (unpaired) electrons. The zero-order valence-corrected chi connectivity index (χ0v) is 9.12. The molecule has 14 heavy (non-hydrogen) atoms. The highest BCUT2D eigenvalue weighted by atomic mass is 79.9. The SMILES string of the molecule is FC(Cl)(Br)C(F)(F)Nc1ccccc1. The van der Waals surface area contributed by atoms with Crippen LogP contribution in [0.15, 0.2) is 30.3 Å². The molecule has 0 amide bonds. The summed E-state index contributed by atoms with van der Waals surface area (Å²) in [6, 6.07) is 3.60. The second kappa shape index (κ2) is 3.98. The van der Waals surface area contributed by atoms with E-state index in [1.54, 1.807) is 23.5 Å². The van der Waals surface area contributed by atoms with Crippen molar-refractivity contribution in [2.24, 2.45) is 0 Å². The molecule has 0 heterocycles. The van der Waals surface area contributed by atoms with Crippen LogP contribution in [0.4, 0.5) is 18.9 Å². The predicted molar refractivity (Wildman–Crippen MR) is 53.6 cm³/mol. The normalized spacial score (nSPS) is 16.1. The van der Waals surface area contributed by atoms with E-state index in [0.29, 0.717) is 0 Å². The highest BCUT2D eigenvalue weighted by molar-refractivity contribution is 9.10. The summed E-state index contributed by atoms with van der Waals surface area (Å²) < 4.78 is 35.3. The summed E-state index contributed by atoms with van der Waals surface area (Å²) in [5.74, 6) is 0. The van der Waals surface area contributed by atoms with Crippen molar-refractivity contribution in [2.45, 2.75) is 10.1 Å². The number of hydrogen-bond donors (Lipinski definition) is 1. The van der Waals surface area contributed by atoms with Crippen LogP contribution in [-0.2, 0) is 0 Å². The van der Waals surface area contributed by atoms with Crippen LogP contribution in [-0.4, -0.2) is 10.1 Å². The molecule has 0 aliphatic carbocycles. The van der Waals surface area contributed by atoms with Gasteiger partial charge in [-0.3, -0.25) is 0 Å². The fraction of sp³-hybridized carbons (Fsp3) is 0.250. The van der Waals surface area contributed by atoms with Gasteiger partial charge in [-0.05, 0) is 28.1 Å². The number of para-hydroxylation sites is 1. The summed E-state index contributed by atoms with van der Waals surface area (Å²) >= 11 is 6.86. The Bertz CT molecular complexity index is 299. The number of rotatable bonds is 3. The molecule has 1 atom stereocenters. The maximum absolute atomic E-state index is 13.0. The van der Waals surface area contributed by atoms with Gasteiger partial charge in [0.05, 0.1) is 0 Å². The smallest absolute Gasteiger partial charge is 0.322 e. The van der Waals surface area contributed by atoms with E-state index in [4.69, 9.17) is 11.6 Å². The van der Waals surface area contributed by atoms with Crippen molar-refractivity contribution in [2.75, 3.05) is 5.32 Å². The molecule has 0 aliphatic heterocycles. The monoisotopic (exact) mass is 287 g/mol. The van der Waals surface area contributed by atoms with Crippen molar-refractivity contribution in [1.82, 2.24) is 0 Å². The van der Waals surface area contributed by atoms with Crippen LogP contribution in [0, 0.1) is 0 Å². The summed E-state index contributed by atoms with van der Waals surface area (Å²) in [5.41, 5.74) is 0.0830. The molecule has 1 nitrogen and oxygen atoms in total. The van der Waals surface area contributed by atoms with Crippen molar-refractivity contribution in [3.05, 3.63) is 30.3 Å². The van der Waals surface area contributed by atoms with Gasteiger partial charge in [-0.2, -0.15) is 8.78 Å². The number of nitrogens with one attached hydrogen (secondary N) is 1. The summed E-state index contributed by atoms with van der Waals surface area (Å²) in [4.78, 5) is 0. The molecule has 0 saturated carbocycles. The van der Waals surface area contributed by atoms with Crippen molar-refractivity contribution in [3.63, 3.8) is 0 Å². The average Bonchev–Trinajstić information content (AvgIpc) is 2.03. The molecule has 1 aromatic carbocycles. The van der Waals surface area contributed by atoms with Gasteiger partial charge in [0.1, 0.15) is 0 Å². The number of benzene rings is 1. The third-order valence-electron chi connectivity index (χ3n) is 1.43. The molecule has 0 aromatic heterocycles. The van der Waals surface area contributed by atoms with Crippen molar-refractivity contribution in [3.8, 4) is 0 Å². The Hall–Kier alpha value is -0.420. The van der Waals surface area contributed by atoms with Gasteiger partial charge in [0.25, 0.3) is 0 Å². The summed E-state index contributed by atoms with van der Waals surface area (Å²) in [5, 5.41) is 1.67. The lowest BCUT2D eigenvalue weighted by atomic mass is 10.3. The maximum Gasteiger partial charge on any atom is 0.381 e. The molecule has 0 aliphatic rings. The lowest BCUT2D eigenvalue weighted by molar-refractivity contribution is -0.0241. The maximum atomic E-state index is 13.0. The van der Waals surface area contributed by atoms with Crippen LogP contribution in [0.1, 0.15) is 0 Å². The third kappa shape index (κ3) is 2.78. The van der Waals surface area contributed by atoms with Gasteiger partial charge in [0.15, 0.2) is 0 Å². The van der Waals surface area contributed by atoms with Crippen LogP contribution in [0.5, 0.6) is 0 Å². The van der Waals surface area contributed by atoms with E-state index in [2.05, 4.69) is 0 Å². The molecule has 0 fully saturated rings. The largest absolute Gasteiger partial charge is 0.381 e. The minimum Gasteiger partial charge on any atom is -0.322 e. The minimum atomic E-state index is -3.89. The second-order valence-electron chi connectivity index (χ2n) is 2.56. The van der Waals surface area contributed by atoms with Gasteiger partial charge >= 0.3 is 10.1 Å². The highest BCUT2D eigenvalue weighted by Crippen LogP contribution is 2.41. The van der Waals surface area contributed by atoms with Crippen molar-refractivity contribution in [1.29, 1.82) is 0 Å². The molecular formula is C8H6BrClF3N. The summed E-state index contributed by atoms with van der Waals surface area (Å²) in [7, 11) is 0. The van der Waals surface area contributed by atoms with E-state index >= 15 is 0 Å². The summed E-state index contributed by atoms with van der Waals surface area (Å²) in [6.45, 7) is 0. The molecule has 1 N–H and O–H groups in total. The van der Waals surface area contributed by atoms with Crippen molar-refractivity contribution < 1.29 is 13.2 Å². The zero-order valence-electron chi connectivity index (χ0n) is 6.78. The summed E-state index contributed by atoms with van der Waals surface area (Å²) in [6.07, 6.45) is 0. The topological polar surface area (TPSA) is 12.0 Å². The molecule has 78 valence electrons. The Morgan fingerprint density at radius 2 is 1.64 bits per heavy atom. The molecule has 1 unspecified atom stereocenters. The van der Waals surface area contributed by atoms with Crippen LogP contribution < -0.4 is 5.32 Å². The molecule has 0 saturated heterocycles. The first-order valence-electron chi connectivity index (χ1n) is 3.61. The van der Waals surface area contributed by atoms with Gasteiger partial charge in [-0.25, -0.2) is 4.39 Å². The quantitative estimate of drug-likeness (QED) is 0.656. The molecule has 0 spiro atoms. The molecule has 0 bridgehead atoms. The van der Waals surface area contributed by atoms with Crippen LogP contribution in [0.2, 0.25) is 0 Å². The number of alkyl halides is 5. The second-order valence-corrected chi connectivity index (χ2v) is 4.63. The van der Waals surface area contributed by atoms with E-state index < -0.39 is 10.1 Å². The lowest BCUT2D eigenvalue weighted by Gasteiger charge is -2.24. The van der Waals surface area contributed by atoms with E-state index in [-0.39, 0.29) is 5.69 Å². The zero-order chi connectivity index (χ0) is 10.8. The van der Waals surface area contributed by atoms with Crippen molar-refractivity contribution >= 4 is 33.2 Å². The average molecular weight is 288 g/mol. The Balaban J connectivity index is 2.79. The minimum absolute atomic E-state index is 0.0830. The van der Waals surface area contributed by atoms with Gasteiger partial charge in [-0.1, -0.05) is 29.8 Å². The van der Waals surface area contributed by atoms with Crippen LogP contribution >= 0.6 is 27.5 Å². The van der Waals surface area contributed by atoms with E-state index in [9.17, 15) is 13.2 Å². The van der Waals surface area contributed by atoms with E-state index in [1.807, 2.05) is 15.9 Å². The fourth-order valence-corrected chi connectivity index (χ4v) is 0.920. The number of halogens is 5. The first-order chi connectivity index (χ1) is 6.33. The predicted octanol–water partition coefficient (Wildman–Crippen LogP) is 3.95. The van der Waals surface area contributed by atoms with Gasteiger partial charge in [-0.15, -0.1) is 0 Å². The first-order valence-corrected chi connectivity index (χ1v) is 4.78. The van der Waals surface area contributed by atoms with Crippen LogP contribution in [0.3, 0.4) is 0 Å². The first kappa shape index (κ1) is 11.7. The Kier molecular flexibility index (Phi) is 3.32. The molecule has 6 heteroatoms. The molecule has 1 rings (SSSR count). The number of anilines is 1. The lowest BCUT2D eigenvalue weighted by Crippen LogP contribution is -2.41. The van der Waals surface area contributed by atoms with Gasteiger partial charge in [0.2, 0.25) is 0 Å². The molecule has 1 aromatic rings. The van der Waals surface area contributed by atoms with E-state index in [1.165, 1.54) is 12.1 Å². The Labute approximate surface area is 92.4 Å². The van der Waals surface area contributed by atoms with Gasteiger partial charge < -0.3 is 5.32 Å². The Morgan fingerprint density at radius 1 is 1.14 bits per heavy atom. The van der Waals surface area contributed by atoms with E-state index in [0.717, 1.165) is 0 Å². The third-order valence-corrected chi connectivity index (χ3v) is 2.17. The fourth-order valence-electron chi connectivity index (χ4n) is 0.774. The number of hydrogen-bond acceptors (Lipinski definition) is 1.